The molecule has 5 heteroatoms. The fraction of sp³-hybridized carbons (Fsp3) is 0.444. The molecule has 1 aromatic rings. The Hall–Kier alpha value is -0.320. The van der Waals surface area contributed by atoms with Gasteiger partial charge in [0.05, 0.1) is 5.02 Å². The van der Waals surface area contributed by atoms with E-state index in [9.17, 15) is 4.39 Å². The number of halogens is 2. The highest BCUT2D eigenvalue weighted by atomic mass is 35.5. The minimum atomic E-state index is -0.361. The van der Waals surface area contributed by atoms with Crippen molar-refractivity contribution in [3.63, 3.8) is 0 Å². The van der Waals surface area contributed by atoms with Gasteiger partial charge >= 0.3 is 0 Å². The molecule has 0 aliphatic rings. The fourth-order valence-electron chi connectivity index (χ4n) is 0.880. The van der Waals surface area contributed by atoms with E-state index >= 15 is 0 Å². The predicted octanol–water partition coefficient (Wildman–Crippen LogP) is 3.00. The molecule has 0 N–H and O–H groups in total. The molecule has 0 aliphatic carbocycles. The topological polar surface area (TPSA) is 22.1 Å². The predicted molar refractivity (Wildman–Crippen MR) is 56.4 cm³/mol. The first kappa shape index (κ1) is 11.8. The summed E-state index contributed by atoms with van der Waals surface area (Å²) < 4.78 is 18.0. The highest BCUT2D eigenvalue weighted by Gasteiger charge is 2.04. The van der Waals surface area contributed by atoms with Crippen LogP contribution in [-0.4, -0.2) is 24.5 Å². The number of ether oxygens (including phenoxy) is 1. The maximum absolute atomic E-state index is 13.2. The second kappa shape index (κ2) is 6.22. The van der Waals surface area contributed by atoms with E-state index in [1.54, 1.807) is 7.11 Å². The van der Waals surface area contributed by atoms with Crippen molar-refractivity contribution < 1.29 is 9.13 Å². The Morgan fingerprint density at radius 2 is 2.43 bits per heavy atom. The number of rotatable bonds is 5. The van der Waals surface area contributed by atoms with Crippen molar-refractivity contribution in [1.29, 1.82) is 0 Å². The van der Waals surface area contributed by atoms with Crippen LogP contribution >= 0.6 is 23.4 Å². The molecule has 0 aliphatic heterocycles. The minimum Gasteiger partial charge on any atom is -0.385 e. The lowest BCUT2D eigenvalue weighted by Crippen LogP contribution is -1.92. The van der Waals surface area contributed by atoms with Gasteiger partial charge in [0, 0.05) is 25.7 Å². The number of thioether (sulfide) groups is 1. The standard InChI is InChI=1S/C9H11ClFNOS/c1-13-3-2-4-14-9-8(11)5-7(10)6-12-9/h5-6H,2-4H2,1H3. The quantitative estimate of drug-likeness (QED) is 0.579. The summed E-state index contributed by atoms with van der Waals surface area (Å²) >= 11 is 6.94. The second-order valence-corrected chi connectivity index (χ2v) is 4.16. The van der Waals surface area contributed by atoms with Crippen LogP contribution in [0.3, 0.4) is 0 Å². The van der Waals surface area contributed by atoms with Crippen molar-refractivity contribution in [2.24, 2.45) is 0 Å². The number of aromatic nitrogens is 1. The molecule has 1 heterocycles. The third-order valence-corrected chi connectivity index (χ3v) is 2.78. The number of pyridine rings is 1. The summed E-state index contributed by atoms with van der Waals surface area (Å²) in [5.74, 6) is 0.430. The summed E-state index contributed by atoms with van der Waals surface area (Å²) in [6, 6.07) is 1.27. The van der Waals surface area contributed by atoms with E-state index < -0.39 is 0 Å². The number of hydrogen-bond donors (Lipinski definition) is 0. The van der Waals surface area contributed by atoms with Crippen LogP contribution in [0.1, 0.15) is 6.42 Å². The van der Waals surface area contributed by atoms with Gasteiger partial charge in [-0.05, 0) is 12.5 Å². The summed E-state index contributed by atoms with van der Waals surface area (Å²) in [7, 11) is 1.64. The molecule has 2 nitrogen and oxygen atoms in total. The molecule has 0 spiro atoms. The Bertz CT molecular complexity index is 298. The Morgan fingerprint density at radius 1 is 1.64 bits per heavy atom. The summed E-state index contributed by atoms with van der Waals surface area (Å²) in [5.41, 5.74) is 0. The van der Waals surface area contributed by atoms with Gasteiger partial charge < -0.3 is 4.74 Å². The molecule has 78 valence electrons. The van der Waals surface area contributed by atoms with Crippen molar-refractivity contribution in [3.8, 4) is 0 Å². The summed E-state index contributed by atoms with van der Waals surface area (Å²) in [6.07, 6.45) is 2.33. The third-order valence-electron chi connectivity index (χ3n) is 1.51. The van der Waals surface area contributed by atoms with Gasteiger partial charge in [0.25, 0.3) is 0 Å². The molecule has 0 saturated heterocycles. The maximum Gasteiger partial charge on any atom is 0.156 e. The average Bonchev–Trinajstić information content (AvgIpc) is 2.15. The lowest BCUT2D eigenvalue weighted by molar-refractivity contribution is 0.200. The van der Waals surface area contributed by atoms with Gasteiger partial charge in [-0.15, -0.1) is 11.8 Å². The van der Waals surface area contributed by atoms with E-state index in [0.717, 1.165) is 12.2 Å². The van der Waals surface area contributed by atoms with E-state index in [1.807, 2.05) is 0 Å². The van der Waals surface area contributed by atoms with E-state index in [4.69, 9.17) is 16.3 Å². The zero-order valence-electron chi connectivity index (χ0n) is 7.80. The molecule has 0 unspecified atom stereocenters. The summed E-state index contributed by atoms with van der Waals surface area (Å²) in [4.78, 5) is 3.89. The molecule has 0 saturated carbocycles. The SMILES string of the molecule is COCCCSc1ncc(Cl)cc1F. The zero-order chi connectivity index (χ0) is 10.4. The molecule has 1 rings (SSSR count). The molecule has 14 heavy (non-hydrogen) atoms. The van der Waals surface area contributed by atoms with Crippen molar-refractivity contribution in [3.05, 3.63) is 23.1 Å². The Morgan fingerprint density at radius 3 is 3.07 bits per heavy atom. The molecule has 0 amide bonds. The first-order chi connectivity index (χ1) is 6.74. The Labute approximate surface area is 91.8 Å². The van der Waals surface area contributed by atoms with Gasteiger partial charge in [0.15, 0.2) is 5.82 Å². The largest absolute Gasteiger partial charge is 0.385 e. The van der Waals surface area contributed by atoms with E-state index in [0.29, 0.717) is 16.7 Å². The number of methoxy groups -OCH3 is 1. The van der Waals surface area contributed by atoms with Gasteiger partial charge in [-0.1, -0.05) is 11.6 Å². The molecule has 0 fully saturated rings. The molecular formula is C9H11ClFNOS. The van der Waals surface area contributed by atoms with Crippen LogP contribution in [0.2, 0.25) is 5.02 Å². The number of nitrogens with zero attached hydrogens (tertiary/aromatic N) is 1. The van der Waals surface area contributed by atoms with Gasteiger partial charge in [-0.3, -0.25) is 0 Å². The van der Waals surface area contributed by atoms with E-state index in [1.165, 1.54) is 24.0 Å². The van der Waals surface area contributed by atoms with Crippen molar-refractivity contribution in [1.82, 2.24) is 4.98 Å². The first-order valence-corrected chi connectivity index (χ1v) is 5.53. The van der Waals surface area contributed by atoms with Crippen molar-refractivity contribution in [2.75, 3.05) is 19.5 Å². The lowest BCUT2D eigenvalue weighted by atomic mass is 10.5. The summed E-state index contributed by atoms with van der Waals surface area (Å²) in [6.45, 7) is 0.683. The van der Waals surface area contributed by atoms with Crippen LogP contribution in [0.4, 0.5) is 4.39 Å². The average molecular weight is 236 g/mol. The molecule has 0 atom stereocenters. The molecular weight excluding hydrogens is 225 g/mol. The Kier molecular flexibility index (Phi) is 5.22. The van der Waals surface area contributed by atoms with Gasteiger partial charge in [0.2, 0.25) is 0 Å². The molecule has 0 bridgehead atoms. The fourth-order valence-corrected chi connectivity index (χ4v) is 1.80. The maximum atomic E-state index is 13.2. The van der Waals surface area contributed by atoms with E-state index in [-0.39, 0.29) is 5.82 Å². The Balaban J connectivity index is 2.42. The molecule has 0 aromatic carbocycles. The number of hydrogen-bond acceptors (Lipinski definition) is 3. The van der Waals surface area contributed by atoms with Crippen LogP contribution < -0.4 is 0 Å². The van der Waals surface area contributed by atoms with Crippen LogP contribution in [0, 0.1) is 5.82 Å². The van der Waals surface area contributed by atoms with Crippen LogP contribution in [0.25, 0.3) is 0 Å². The summed E-state index contributed by atoms with van der Waals surface area (Å²) in [5, 5.41) is 0.717. The lowest BCUT2D eigenvalue weighted by Gasteiger charge is -2.01. The van der Waals surface area contributed by atoms with Crippen LogP contribution in [-0.2, 0) is 4.74 Å². The van der Waals surface area contributed by atoms with Gasteiger partial charge in [-0.25, -0.2) is 9.37 Å². The van der Waals surface area contributed by atoms with Crippen molar-refractivity contribution in [2.45, 2.75) is 11.4 Å². The van der Waals surface area contributed by atoms with Gasteiger partial charge in [0.1, 0.15) is 5.03 Å². The van der Waals surface area contributed by atoms with Crippen LogP contribution in [0.15, 0.2) is 17.3 Å². The second-order valence-electron chi connectivity index (χ2n) is 2.64. The molecule has 1 aromatic heterocycles. The van der Waals surface area contributed by atoms with E-state index in [2.05, 4.69) is 4.98 Å². The zero-order valence-corrected chi connectivity index (χ0v) is 9.37. The van der Waals surface area contributed by atoms with Crippen LogP contribution in [0.5, 0.6) is 0 Å². The molecule has 0 radical (unpaired) electrons. The highest BCUT2D eigenvalue weighted by Crippen LogP contribution is 2.21. The van der Waals surface area contributed by atoms with Crippen molar-refractivity contribution >= 4 is 23.4 Å². The smallest absolute Gasteiger partial charge is 0.156 e. The normalized spacial score (nSPS) is 10.5. The first-order valence-electron chi connectivity index (χ1n) is 4.17. The monoisotopic (exact) mass is 235 g/mol. The third kappa shape index (κ3) is 3.82. The minimum absolute atomic E-state index is 0.323. The highest BCUT2D eigenvalue weighted by molar-refractivity contribution is 7.99. The van der Waals surface area contributed by atoms with Gasteiger partial charge in [-0.2, -0.15) is 0 Å².